The molecule has 2 aromatic rings. The Labute approximate surface area is 96.7 Å². The first-order valence-corrected chi connectivity index (χ1v) is 4.87. The summed E-state index contributed by atoms with van der Waals surface area (Å²) in [6.45, 7) is 0. The van der Waals surface area contributed by atoms with Crippen LogP contribution in [0.15, 0.2) is 16.7 Å². The second kappa shape index (κ2) is 4.32. The monoisotopic (exact) mass is 237 g/mol. The van der Waals surface area contributed by atoms with Crippen LogP contribution in [-0.2, 0) is 11.2 Å². The van der Waals surface area contributed by atoms with Gasteiger partial charge >= 0.3 is 5.97 Å². The highest BCUT2D eigenvalue weighted by atomic mass is 16.5. The lowest BCUT2D eigenvalue weighted by molar-refractivity contribution is -0.136. The standard InChI is InChI=1S/C11H11NO5/c1-15-9-3-6-7(4-11(13)14)12-17-8(6)5-10(9)16-2/h3,5H,4H2,1-2H3,(H,13,14). The predicted octanol–water partition coefficient (Wildman–Crippen LogP) is 1.47. The van der Waals surface area contributed by atoms with E-state index >= 15 is 0 Å². The fourth-order valence-electron chi connectivity index (χ4n) is 1.59. The zero-order chi connectivity index (χ0) is 12.4. The van der Waals surface area contributed by atoms with E-state index in [1.807, 2.05) is 0 Å². The van der Waals surface area contributed by atoms with Crippen LogP contribution in [0, 0.1) is 0 Å². The summed E-state index contributed by atoms with van der Waals surface area (Å²) in [5, 5.41) is 13.1. The molecular weight excluding hydrogens is 226 g/mol. The zero-order valence-electron chi connectivity index (χ0n) is 9.39. The van der Waals surface area contributed by atoms with Gasteiger partial charge in [0.1, 0.15) is 5.69 Å². The third-order valence-corrected chi connectivity index (χ3v) is 2.37. The second-order valence-electron chi connectivity index (χ2n) is 3.40. The molecule has 0 radical (unpaired) electrons. The van der Waals surface area contributed by atoms with Crippen LogP contribution in [0.4, 0.5) is 0 Å². The lowest BCUT2D eigenvalue weighted by atomic mass is 10.1. The molecule has 0 bridgehead atoms. The van der Waals surface area contributed by atoms with Crippen molar-refractivity contribution in [2.45, 2.75) is 6.42 Å². The molecule has 0 unspecified atom stereocenters. The fourth-order valence-corrected chi connectivity index (χ4v) is 1.59. The average molecular weight is 237 g/mol. The van der Waals surface area contributed by atoms with Crippen molar-refractivity contribution in [3.63, 3.8) is 0 Å². The molecule has 6 heteroatoms. The molecule has 0 aliphatic carbocycles. The topological polar surface area (TPSA) is 81.8 Å². The van der Waals surface area contributed by atoms with Crippen LogP contribution in [0.1, 0.15) is 5.69 Å². The zero-order valence-corrected chi connectivity index (χ0v) is 9.39. The Morgan fingerprint density at radius 3 is 2.59 bits per heavy atom. The Kier molecular flexibility index (Phi) is 2.86. The van der Waals surface area contributed by atoms with E-state index in [9.17, 15) is 4.79 Å². The van der Waals surface area contributed by atoms with Crippen molar-refractivity contribution < 1.29 is 23.9 Å². The molecule has 2 rings (SSSR count). The van der Waals surface area contributed by atoms with Gasteiger partial charge in [0.2, 0.25) is 0 Å². The van der Waals surface area contributed by atoms with Crippen LogP contribution in [0.5, 0.6) is 11.5 Å². The molecule has 6 nitrogen and oxygen atoms in total. The Bertz CT molecular complexity index is 560. The van der Waals surface area contributed by atoms with Crippen molar-refractivity contribution in [2.75, 3.05) is 14.2 Å². The van der Waals surface area contributed by atoms with Gasteiger partial charge in [0, 0.05) is 11.5 Å². The van der Waals surface area contributed by atoms with Crippen molar-refractivity contribution in [3.8, 4) is 11.5 Å². The number of hydrogen-bond acceptors (Lipinski definition) is 5. The third kappa shape index (κ3) is 2.01. The van der Waals surface area contributed by atoms with Gasteiger partial charge in [-0.25, -0.2) is 0 Å². The number of carboxylic acid groups (broad SMARTS) is 1. The van der Waals surface area contributed by atoms with E-state index in [-0.39, 0.29) is 6.42 Å². The number of nitrogens with zero attached hydrogens (tertiary/aromatic N) is 1. The van der Waals surface area contributed by atoms with E-state index in [0.717, 1.165) is 0 Å². The smallest absolute Gasteiger partial charge is 0.309 e. The highest BCUT2D eigenvalue weighted by molar-refractivity contribution is 5.86. The molecule has 1 heterocycles. The van der Waals surface area contributed by atoms with Crippen molar-refractivity contribution in [3.05, 3.63) is 17.8 Å². The molecule has 0 aliphatic rings. The maximum atomic E-state index is 10.7. The summed E-state index contributed by atoms with van der Waals surface area (Å²) in [7, 11) is 3.02. The molecule has 0 saturated carbocycles. The lowest BCUT2D eigenvalue weighted by Crippen LogP contribution is -2.00. The van der Waals surface area contributed by atoms with E-state index in [2.05, 4.69) is 5.16 Å². The molecule has 0 amide bonds. The van der Waals surface area contributed by atoms with Gasteiger partial charge in [-0.1, -0.05) is 5.16 Å². The van der Waals surface area contributed by atoms with E-state index in [0.29, 0.717) is 28.2 Å². The van der Waals surface area contributed by atoms with Gasteiger partial charge < -0.3 is 19.1 Å². The normalized spacial score (nSPS) is 10.5. The average Bonchev–Trinajstić information content (AvgIpc) is 2.69. The first-order valence-electron chi connectivity index (χ1n) is 4.87. The Morgan fingerprint density at radius 1 is 1.35 bits per heavy atom. The molecule has 1 aromatic heterocycles. The molecular formula is C11H11NO5. The first-order chi connectivity index (χ1) is 8.15. The molecule has 17 heavy (non-hydrogen) atoms. The first kappa shape index (κ1) is 11.3. The predicted molar refractivity (Wildman–Crippen MR) is 58.5 cm³/mol. The summed E-state index contributed by atoms with van der Waals surface area (Å²) in [5.41, 5.74) is 0.840. The minimum absolute atomic E-state index is 0.192. The third-order valence-electron chi connectivity index (χ3n) is 2.37. The lowest BCUT2D eigenvalue weighted by Gasteiger charge is -2.06. The van der Waals surface area contributed by atoms with Crippen molar-refractivity contribution in [2.24, 2.45) is 0 Å². The molecule has 0 aliphatic heterocycles. The summed E-state index contributed by atoms with van der Waals surface area (Å²) in [4.78, 5) is 10.7. The van der Waals surface area contributed by atoms with E-state index in [1.54, 1.807) is 12.1 Å². The van der Waals surface area contributed by atoms with Gasteiger partial charge in [-0.05, 0) is 6.07 Å². The number of aliphatic carboxylic acids is 1. The van der Waals surface area contributed by atoms with Crippen molar-refractivity contribution in [1.82, 2.24) is 5.16 Å². The summed E-state index contributed by atoms with van der Waals surface area (Å²) in [5.74, 6) is 0.0582. The maximum absolute atomic E-state index is 10.7. The minimum atomic E-state index is -0.963. The van der Waals surface area contributed by atoms with Crippen LogP contribution in [0.25, 0.3) is 11.0 Å². The SMILES string of the molecule is COc1cc2onc(CC(=O)O)c2cc1OC. The molecule has 0 saturated heterocycles. The van der Waals surface area contributed by atoms with Crippen LogP contribution >= 0.6 is 0 Å². The molecule has 1 N–H and O–H groups in total. The molecule has 0 spiro atoms. The number of rotatable bonds is 4. The van der Waals surface area contributed by atoms with Crippen molar-refractivity contribution in [1.29, 1.82) is 0 Å². The van der Waals surface area contributed by atoms with Crippen LogP contribution < -0.4 is 9.47 Å². The molecule has 90 valence electrons. The number of carbonyl (C=O) groups is 1. The highest BCUT2D eigenvalue weighted by Crippen LogP contribution is 2.33. The van der Waals surface area contributed by atoms with Gasteiger partial charge in [-0.3, -0.25) is 4.79 Å². The summed E-state index contributed by atoms with van der Waals surface area (Å²) in [6, 6.07) is 3.27. The van der Waals surface area contributed by atoms with Gasteiger partial charge in [-0.2, -0.15) is 0 Å². The largest absolute Gasteiger partial charge is 0.493 e. The second-order valence-corrected chi connectivity index (χ2v) is 3.40. The van der Waals surface area contributed by atoms with Crippen LogP contribution in [0.2, 0.25) is 0 Å². The quantitative estimate of drug-likeness (QED) is 0.867. The van der Waals surface area contributed by atoms with Crippen LogP contribution in [-0.4, -0.2) is 30.5 Å². The minimum Gasteiger partial charge on any atom is -0.493 e. The van der Waals surface area contributed by atoms with E-state index < -0.39 is 5.97 Å². The number of hydrogen-bond donors (Lipinski definition) is 1. The number of benzene rings is 1. The maximum Gasteiger partial charge on any atom is 0.309 e. The Balaban J connectivity index is 2.56. The Morgan fingerprint density at radius 2 is 2.00 bits per heavy atom. The van der Waals surface area contributed by atoms with E-state index in [1.165, 1.54) is 14.2 Å². The number of carboxylic acids is 1. The number of aromatic nitrogens is 1. The molecule has 0 fully saturated rings. The van der Waals surface area contributed by atoms with Gasteiger partial charge in [0.25, 0.3) is 0 Å². The van der Waals surface area contributed by atoms with Crippen molar-refractivity contribution >= 4 is 16.9 Å². The fraction of sp³-hybridized carbons (Fsp3) is 0.273. The summed E-state index contributed by atoms with van der Waals surface area (Å²) >= 11 is 0. The highest BCUT2D eigenvalue weighted by Gasteiger charge is 2.15. The van der Waals surface area contributed by atoms with Crippen LogP contribution in [0.3, 0.4) is 0 Å². The number of methoxy groups -OCH3 is 2. The van der Waals surface area contributed by atoms with Gasteiger partial charge in [0.15, 0.2) is 17.1 Å². The summed E-state index contributed by atoms with van der Waals surface area (Å²) in [6.07, 6.45) is -0.192. The summed E-state index contributed by atoms with van der Waals surface area (Å²) < 4.78 is 15.3. The Hall–Kier alpha value is -2.24. The number of ether oxygens (including phenoxy) is 2. The molecule has 1 aromatic carbocycles. The van der Waals surface area contributed by atoms with E-state index in [4.69, 9.17) is 19.1 Å². The number of fused-ring (bicyclic) bond motifs is 1. The van der Waals surface area contributed by atoms with Gasteiger partial charge in [0.05, 0.1) is 20.6 Å². The van der Waals surface area contributed by atoms with Gasteiger partial charge in [-0.15, -0.1) is 0 Å². The molecule has 0 atom stereocenters.